The Balaban J connectivity index is 1.30. The van der Waals surface area contributed by atoms with Crippen LogP contribution in [0.4, 0.5) is 10.2 Å². The van der Waals surface area contributed by atoms with Crippen molar-refractivity contribution in [2.75, 3.05) is 44.2 Å². The zero-order valence-electron chi connectivity index (χ0n) is 24.9. The Morgan fingerprint density at radius 3 is 2.60 bits per heavy atom. The Labute approximate surface area is 265 Å². The van der Waals surface area contributed by atoms with Crippen LogP contribution in [0.15, 0.2) is 60.9 Å². The molecule has 9 nitrogen and oxygen atoms in total. The average Bonchev–Trinajstić information content (AvgIpc) is 3.63. The molecular formula is C34H33ClFN7O2. The van der Waals surface area contributed by atoms with Gasteiger partial charge in [-0.2, -0.15) is 15.2 Å². The molecule has 0 radical (unpaired) electrons. The third-order valence-corrected chi connectivity index (χ3v) is 9.85. The molecular weight excluding hydrogens is 593 g/mol. The fourth-order valence-electron chi connectivity index (χ4n) is 7.35. The van der Waals surface area contributed by atoms with Crippen molar-refractivity contribution in [2.45, 2.75) is 43.7 Å². The first-order valence-corrected chi connectivity index (χ1v) is 15.8. The molecule has 1 atom stereocenters. The summed E-state index contributed by atoms with van der Waals surface area (Å²) in [5, 5.41) is 12.8. The van der Waals surface area contributed by atoms with Crippen molar-refractivity contribution in [3.63, 3.8) is 0 Å². The summed E-state index contributed by atoms with van der Waals surface area (Å²) in [6.45, 7) is 6.72. The molecule has 7 rings (SSSR count). The van der Waals surface area contributed by atoms with E-state index in [2.05, 4.69) is 17.5 Å². The molecule has 0 aliphatic carbocycles. The average molecular weight is 626 g/mol. The smallest absolute Gasteiger partial charge is 0.320 e. The lowest BCUT2D eigenvalue weighted by Gasteiger charge is -2.41. The molecule has 4 aromatic rings. The summed E-state index contributed by atoms with van der Waals surface area (Å²) in [6, 6.07) is 17.5. The number of anilines is 1. The van der Waals surface area contributed by atoms with Crippen molar-refractivity contribution in [1.82, 2.24) is 24.8 Å². The van der Waals surface area contributed by atoms with E-state index in [1.165, 1.54) is 4.90 Å². The van der Waals surface area contributed by atoms with Gasteiger partial charge in [0.1, 0.15) is 12.4 Å². The molecule has 5 heterocycles. The van der Waals surface area contributed by atoms with E-state index >= 15 is 0 Å². The molecule has 3 aliphatic rings. The minimum absolute atomic E-state index is 0.00605. The predicted molar refractivity (Wildman–Crippen MR) is 172 cm³/mol. The number of amides is 1. The highest BCUT2D eigenvalue weighted by molar-refractivity contribution is 6.36. The van der Waals surface area contributed by atoms with E-state index in [-0.39, 0.29) is 31.1 Å². The number of benzene rings is 2. The van der Waals surface area contributed by atoms with Gasteiger partial charge in [0.05, 0.1) is 35.2 Å². The van der Waals surface area contributed by atoms with E-state index in [4.69, 9.17) is 31.3 Å². The number of halogens is 2. The molecule has 230 valence electrons. The van der Waals surface area contributed by atoms with Crippen molar-refractivity contribution in [3.8, 4) is 23.3 Å². The first-order valence-electron chi connectivity index (χ1n) is 15.4. The van der Waals surface area contributed by atoms with Gasteiger partial charge < -0.3 is 14.5 Å². The van der Waals surface area contributed by atoms with Crippen LogP contribution in [0.1, 0.15) is 32.1 Å². The predicted octanol–water partition coefficient (Wildman–Crippen LogP) is 5.92. The van der Waals surface area contributed by atoms with E-state index in [0.29, 0.717) is 40.7 Å². The zero-order chi connectivity index (χ0) is 31.1. The number of piperazine rings is 1. The van der Waals surface area contributed by atoms with Crippen molar-refractivity contribution in [3.05, 3.63) is 66.0 Å². The van der Waals surface area contributed by atoms with Crippen molar-refractivity contribution >= 4 is 45.1 Å². The molecule has 3 fully saturated rings. The van der Waals surface area contributed by atoms with Crippen molar-refractivity contribution in [2.24, 2.45) is 0 Å². The molecule has 2 aromatic heterocycles. The lowest BCUT2D eigenvalue weighted by molar-refractivity contribution is -0.131. The molecule has 0 unspecified atom stereocenters. The molecule has 11 heteroatoms. The third-order valence-electron chi connectivity index (χ3n) is 9.53. The molecule has 3 saturated heterocycles. The van der Waals surface area contributed by atoms with Gasteiger partial charge in [-0.05, 0) is 62.4 Å². The first kappa shape index (κ1) is 29.4. The van der Waals surface area contributed by atoms with Gasteiger partial charge in [0.25, 0.3) is 5.91 Å². The number of nitriles is 1. The number of hydrogen-bond donors (Lipinski definition) is 0. The minimum Gasteiger partial charge on any atom is -0.461 e. The Hall–Kier alpha value is -4.33. The van der Waals surface area contributed by atoms with Crippen LogP contribution in [0.5, 0.6) is 6.01 Å². The summed E-state index contributed by atoms with van der Waals surface area (Å²) in [5.41, 5.74) is 2.08. The highest BCUT2D eigenvalue weighted by atomic mass is 35.5. The number of hydrogen-bond acceptors (Lipinski definition) is 8. The summed E-state index contributed by atoms with van der Waals surface area (Å²) in [7, 11) is 0. The second-order valence-electron chi connectivity index (χ2n) is 12.1. The van der Waals surface area contributed by atoms with Gasteiger partial charge in [-0.25, -0.2) is 9.37 Å². The summed E-state index contributed by atoms with van der Waals surface area (Å²) in [5.74, 6) is -1.22. The molecule has 0 saturated carbocycles. The third kappa shape index (κ3) is 5.34. The number of carbonyl (C=O) groups excluding carboxylic acids is 1. The first-order chi connectivity index (χ1) is 21.9. The fourth-order valence-corrected chi connectivity index (χ4v) is 7.63. The number of ether oxygens (including phenoxy) is 1. The van der Waals surface area contributed by atoms with E-state index in [9.17, 15) is 14.4 Å². The highest BCUT2D eigenvalue weighted by Gasteiger charge is 2.45. The standard InChI is InChI=1S/C34H33ClFN7O2/c1-22(36)32(44)43-19-18-41(20-24(43)12-15-37)31-26-10-11-28(25-8-2-6-23-7-3-9-27(35)29(23)25)38-30(26)39-33(40-31)45-21-34-13-4-16-42(34)17-5-14-34/h2-3,6-11,24H,1,4-5,12-14,16-21H2/t24-/m0/s1. The van der Waals surface area contributed by atoms with Crippen LogP contribution in [0.3, 0.4) is 0 Å². The maximum Gasteiger partial charge on any atom is 0.320 e. The van der Waals surface area contributed by atoms with Gasteiger partial charge in [0, 0.05) is 35.6 Å². The van der Waals surface area contributed by atoms with Crippen LogP contribution in [0.2, 0.25) is 5.02 Å². The van der Waals surface area contributed by atoms with Crippen LogP contribution in [-0.4, -0.2) is 81.6 Å². The van der Waals surface area contributed by atoms with Crippen LogP contribution in [-0.2, 0) is 4.79 Å². The van der Waals surface area contributed by atoms with E-state index < -0.39 is 17.8 Å². The number of carbonyl (C=O) groups is 1. The number of nitrogens with zero attached hydrogens (tertiary/aromatic N) is 7. The summed E-state index contributed by atoms with van der Waals surface area (Å²) in [4.78, 5) is 33.2. The van der Waals surface area contributed by atoms with E-state index in [1.54, 1.807) is 0 Å². The van der Waals surface area contributed by atoms with Crippen molar-refractivity contribution in [1.29, 1.82) is 5.26 Å². The topological polar surface area (TPSA) is 98.5 Å². The van der Waals surface area contributed by atoms with Crippen LogP contribution in [0.25, 0.3) is 33.1 Å². The number of rotatable bonds is 7. The maximum absolute atomic E-state index is 13.8. The summed E-state index contributed by atoms with van der Waals surface area (Å²) in [6.07, 6.45) is 4.53. The maximum atomic E-state index is 13.8. The molecule has 0 bridgehead atoms. The van der Waals surface area contributed by atoms with Crippen LogP contribution < -0.4 is 9.64 Å². The largest absolute Gasteiger partial charge is 0.461 e. The van der Waals surface area contributed by atoms with Gasteiger partial charge in [0.15, 0.2) is 11.5 Å². The SMILES string of the molecule is C=C(F)C(=O)N1CCN(c2nc(OCC34CCCN3CCC4)nc3nc(-c4cccc5cccc(Cl)c45)ccc23)C[C@@H]1CC#N. The van der Waals surface area contributed by atoms with Gasteiger partial charge in [0.2, 0.25) is 0 Å². The van der Waals surface area contributed by atoms with Gasteiger partial charge in [-0.3, -0.25) is 9.69 Å². The number of pyridine rings is 1. The summed E-state index contributed by atoms with van der Waals surface area (Å²) < 4.78 is 20.2. The highest BCUT2D eigenvalue weighted by Crippen LogP contribution is 2.40. The van der Waals surface area contributed by atoms with Gasteiger partial charge in [-0.15, -0.1) is 0 Å². The Morgan fingerprint density at radius 2 is 1.84 bits per heavy atom. The number of fused-ring (bicyclic) bond motifs is 3. The lowest BCUT2D eigenvalue weighted by Crippen LogP contribution is -2.55. The van der Waals surface area contributed by atoms with E-state index in [0.717, 1.165) is 55.1 Å². The van der Waals surface area contributed by atoms with Gasteiger partial charge in [-0.1, -0.05) is 48.5 Å². The van der Waals surface area contributed by atoms with Crippen LogP contribution in [0, 0.1) is 11.3 Å². The molecule has 0 N–H and O–H groups in total. The fraction of sp³-hybridized carbons (Fsp3) is 0.382. The molecule has 2 aromatic carbocycles. The number of aromatic nitrogens is 3. The normalized spacial score (nSPS) is 19.5. The Bertz CT molecular complexity index is 1840. The monoisotopic (exact) mass is 625 g/mol. The van der Waals surface area contributed by atoms with Crippen molar-refractivity contribution < 1.29 is 13.9 Å². The molecule has 1 amide bonds. The second-order valence-corrected chi connectivity index (χ2v) is 12.5. The quantitative estimate of drug-likeness (QED) is 0.234. The Morgan fingerprint density at radius 1 is 1.07 bits per heavy atom. The molecule has 3 aliphatic heterocycles. The molecule has 0 spiro atoms. The van der Waals surface area contributed by atoms with Crippen LogP contribution >= 0.6 is 11.6 Å². The summed E-state index contributed by atoms with van der Waals surface area (Å²) >= 11 is 6.66. The second kappa shape index (κ2) is 11.9. The van der Waals surface area contributed by atoms with E-state index in [1.807, 2.05) is 53.4 Å². The molecule has 45 heavy (non-hydrogen) atoms. The zero-order valence-corrected chi connectivity index (χ0v) is 25.6. The lowest BCUT2D eigenvalue weighted by atomic mass is 9.95. The minimum atomic E-state index is -1.04. The Kier molecular flexibility index (Phi) is 7.76. The van der Waals surface area contributed by atoms with Gasteiger partial charge >= 0.3 is 6.01 Å².